The van der Waals surface area contributed by atoms with Gasteiger partial charge in [-0.3, -0.25) is 0 Å². The first-order valence-corrected chi connectivity index (χ1v) is 4.96. The first-order valence-electron chi connectivity index (χ1n) is 4.96. The van der Waals surface area contributed by atoms with Gasteiger partial charge in [0.15, 0.2) is 0 Å². The first kappa shape index (κ1) is 11.3. The smallest absolute Gasteiger partial charge is 0.238 e. The molecule has 1 aliphatic rings. The van der Waals surface area contributed by atoms with Crippen molar-refractivity contribution >= 4 is 5.90 Å². The molecule has 78 valence electrons. The van der Waals surface area contributed by atoms with E-state index in [4.69, 9.17) is 15.3 Å². The molecule has 1 aliphatic heterocycles. The number of hydrogen-bond donors (Lipinski definition) is 0. The maximum Gasteiger partial charge on any atom is 0.238 e. The summed E-state index contributed by atoms with van der Waals surface area (Å²) in [5.74, 6) is 0.439. The minimum atomic E-state index is -1.29. The van der Waals surface area contributed by atoms with E-state index in [0.717, 1.165) is 12.0 Å². The summed E-state index contributed by atoms with van der Waals surface area (Å²) >= 11 is 0. The Bertz CT molecular complexity index is 368. The number of ether oxygens (including phenoxy) is 1. The molecular formula is C11H13N3O. The summed E-state index contributed by atoms with van der Waals surface area (Å²) in [4.78, 5) is 4.10. The van der Waals surface area contributed by atoms with Crippen molar-refractivity contribution in [2.24, 2.45) is 4.99 Å². The fourth-order valence-electron chi connectivity index (χ4n) is 1.37. The molecule has 0 N–H and O–H groups in total. The van der Waals surface area contributed by atoms with E-state index in [1.807, 2.05) is 32.1 Å². The van der Waals surface area contributed by atoms with Crippen molar-refractivity contribution in [3.63, 3.8) is 0 Å². The second-order valence-corrected chi connectivity index (χ2v) is 3.22. The average molecular weight is 203 g/mol. The number of aliphatic imine (C=N–C) groups is 1. The summed E-state index contributed by atoms with van der Waals surface area (Å²) in [5.41, 5.74) is -0.318. The number of nitriles is 2. The van der Waals surface area contributed by atoms with Crippen LogP contribution in [-0.4, -0.2) is 18.0 Å². The Labute approximate surface area is 89.5 Å². The Hall–Kier alpha value is -1.81. The van der Waals surface area contributed by atoms with Crippen molar-refractivity contribution in [2.75, 3.05) is 6.61 Å². The number of rotatable bonds is 2. The highest BCUT2D eigenvalue weighted by Gasteiger charge is 2.33. The molecule has 0 spiro atoms. The third-order valence-electron chi connectivity index (χ3n) is 2.24. The summed E-state index contributed by atoms with van der Waals surface area (Å²) in [6.45, 7) is 4.33. The van der Waals surface area contributed by atoms with Gasteiger partial charge in [-0.2, -0.15) is 10.5 Å². The van der Waals surface area contributed by atoms with Crippen LogP contribution in [0.25, 0.3) is 0 Å². The molecule has 0 atom stereocenters. The Morgan fingerprint density at radius 3 is 2.60 bits per heavy atom. The van der Waals surface area contributed by atoms with Crippen LogP contribution in [0.4, 0.5) is 0 Å². The number of nitrogens with zero attached hydrogens (tertiary/aromatic N) is 3. The van der Waals surface area contributed by atoms with Gasteiger partial charge < -0.3 is 4.74 Å². The highest BCUT2D eigenvalue weighted by atomic mass is 16.5. The summed E-state index contributed by atoms with van der Waals surface area (Å²) in [6.07, 6.45) is 3.01. The third kappa shape index (κ3) is 2.16. The largest absolute Gasteiger partial charge is 0.478 e. The number of hydrogen-bond acceptors (Lipinski definition) is 4. The van der Waals surface area contributed by atoms with Crippen LogP contribution in [0.15, 0.2) is 16.6 Å². The standard InChI is InChI=1S/C11H13N3O/c1-3-9-5-6-11(7-12,8-13)14-10(9)15-4-2/h5H,3-4,6H2,1-2H3. The molecule has 0 aromatic rings. The van der Waals surface area contributed by atoms with Crippen LogP contribution in [0.3, 0.4) is 0 Å². The van der Waals surface area contributed by atoms with Crippen LogP contribution in [0.5, 0.6) is 0 Å². The minimum absolute atomic E-state index is 0.347. The minimum Gasteiger partial charge on any atom is -0.478 e. The second-order valence-electron chi connectivity index (χ2n) is 3.22. The molecule has 15 heavy (non-hydrogen) atoms. The molecule has 0 aliphatic carbocycles. The maximum atomic E-state index is 8.92. The van der Waals surface area contributed by atoms with Gasteiger partial charge in [0.1, 0.15) is 12.1 Å². The Morgan fingerprint density at radius 2 is 2.13 bits per heavy atom. The lowest BCUT2D eigenvalue weighted by molar-refractivity contribution is 0.320. The molecule has 0 aromatic heterocycles. The Balaban J connectivity index is 3.04. The van der Waals surface area contributed by atoms with E-state index >= 15 is 0 Å². The van der Waals surface area contributed by atoms with Crippen molar-refractivity contribution in [3.8, 4) is 12.1 Å². The molecule has 0 amide bonds. The average Bonchev–Trinajstić information content (AvgIpc) is 2.29. The molecule has 0 bridgehead atoms. The monoisotopic (exact) mass is 203 g/mol. The highest BCUT2D eigenvalue weighted by Crippen LogP contribution is 2.24. The van der Waals surface area contributed by atoms with E-state index in [2.05, 4.69) is 4.99 Å². The normalized spacial score (nSPS) is 18.1. The second kappa shape index (κ2) is 4.61. The summed E-state index contributed by atoms with van der Waals surface area (Å²) in [7, 11) is 0. The van der Waals surface area contributed by atoms with E-state index in [1.165, 1.54) is 0 Å². The van der Waals surface area contributed by atoms with Crippen molar-refractivity contribution < 1.29 is 4.74 Å². The summed E-state index contributed by atoms with van der Waals surface area (Å²) in [6, 6.07) is 3.85. The van der Waals surface area contributed by atoms with E-state index in [0.29, 0.717) is 18.9 Å². The fourth-order valence-corrected chi connectivity index (χ4v) is 1.37. The van der Waals surface area contributed by atoms with Gasteiger partial charge in [0.05, 0.1) is 6.61 Å². The zero-order chi connectivity index (χ0) is 11.3. The van der Waals surface area contributed by atoms with Gasteiger partial charge in [-0.05, 0) is 13.3 Å². The van der Waals surface area contributed by atoms with Gasteiger partial charge >= 0.3 is 0 Å². The SMILES string of the molecule is CCOC1=NC(C#N)(C#N)CC=C1CC. The predicted octanol–water partition coefficient (Wildman–Crippen LogP) is 1.95. The molecule has 1 rings (SSSR count). The molecule has 1 heterocycles. The Morgan fingerprint density at radius 1 is 1.47 bits per heavy atom. The summed E-state index contributed by atoms with van der Waals surface area (Å²) < 4.78 is 5.32. The highest BCUT2D eigenvalue weighted by molar-refractivity contribution is 5.95. The predicted molar refractivity (Wildman–Crippen MR) is 56.0 cm³/mol. The van der Waals surface area contributed by atoms with E-state index in [9.17, 15) is 0 Å². The van der Waals surface area contributed by atoms with Crippen LogP contribution >= 0.6 is 0 Å². The molecule has 4 nitrogen and oxygen atoms in total. The number of dihydropyridines is 1. The summed E-state index contributed by atoms with van der Waals surface area (Å²) in [5, 5.41) is 17.8. The van der Waals surface area contributed by atoms with Gasteiger partial charge in [-0.15, -0.1) is 0 Å². The van der Waals surface area contributed by atoms with Crippen molar-refractivity contribution in [1.82, 2.24) is 0 Å². The fraction of sp³-hybridized carbons (Fsp3) is 0.545. The van der Waals surface area contributed by atoms with Crippen LogP contribution < -0.4 is 0 Å². The third-order valence-corrected chi connectivity index (χ3v) is 2.24. The van der Waals surface area contributed by atoms with Gasteiger partial charge in [-0.25, -0.2) is 4.99 Å². The van der Waals surface area contributed by atoms with Gasteiger partial charge in [0.25, 0.3) is 0 Å². The Kier molecular flexibility index (Phi) is 3.46. The molecule has 0 saturated heterocycles. The molecule has 0 fully saturated rings. The van der Waals surface area contributed by atoms with E-state index in [-0.39, 0.29) is 0 Å². The lowest BCUT2D eigenvalue weighted by atomic mass is 9.94. The zero-order valence-electron chi connectivity index (χ0n) is 8.95. The quantitative estimate of drug-likeness (QED) is 0.688. The first-order chi connectivity index (χ1) is 7.21. The molecule has 4 heteroatoms. The lowest BCUT2D eigenvalue weighted by Crippen LogP contribution is -2.28. The zero-order valence-corrected chi connectivity index (χ0v) is 8.95. The lowest BCUT2D eigenvalue weighted by Gasteiger charge is -2.21. The van der Waals surface area contributed by atoms with Gasteiger partial charge in [0, 0.05) is 12.0 Å². The topological polar surface area (TPSA) is 69.2 Å². The molecule has 0 saturated carbocycles. The van der Waals surface area contributed by atoms with Crippen LogP contribution in [0, 0.1) is 22.7 Å². The maximum absolute atomic E-state index is 8.92. The van der Waals surface area contributed by atoms with Crippen molar-refractivity contribution in [2.45, 2.75) is 32.2 Å². The molecular weight excluding hydrogens is 190 g/mol. The van der Waals surface area contributed by atoms with Crippen molar-refractivity contribution in [1.29, 1.82) is 10.5 Å². The van der Waals surface area contributed by atoms with Gasteiger partial charge in [0.2, 0.25) is 11.4 Å². The molecule has 0 radical (unpaired) electrons. The van der Waals surface area contributed by atoms with Gasteiger partial charge in [-0.1, -0.05) is 13.0 Å². The van der Waals surface area contributed by atoms with Crippen LogP contribution in [0.2, 0.25) is 0 Å². The van der Waals surface area contributed by atoms with E-state index in [1.54, 1.807) is 0 Å². The molecule has 0 unspecified atom stereocenters. The van der Waals surface area contributed by atoms with Crippen LogP contribution in [-0.2, 0) is 4.74 Å². The van der Waals surface area contributed by atoms with Crippen molar-refractivity contribution in [3.05, 3.63) is 11.6 Å². The van der Waals surface area contributed by atoms with Crippen LogP contribution in [0.1, 0.15) is 26.7 Å². The molecule has 0 aromatic carbocycles. The van der Waals surface area contributed by atoms with E-state index < -0.39 is 5.54 Å².